The van der Waals surface area contributed by atoms with Gasteiger partial charge in [0.05, 0.1) is 18.8 Å². The summed E-state index contributed by atoms with van der Waals surface area (Å²) in [6.45, 7) is 4.72. The molecule has 0 saturated heterocycles. The zero-order valence-electron chi connectivity index (χ0n) is 20.9. The molecule has 0 atom stereocenters. The molecule has 7 nitrogen and oxygen atoms in total. The molecule has 1 N–H and O–H groups in total. The summed E-state index contributed by atoms with van der Waals surface area (Å²) in [4.78, 5) is 13.4. The Labute approximate surface area is 214 Å². The lowest BCUT2D eigenvalue weighted by atomic mass is 9.98. The largest absolute Gasteiger partial charge is 0.331 e. The van der Waals surface area contributed by atoms with E-state index in [0.717, 1.165) is 34.2 Å². The fourth-order valence-corrected chi connectivity index (χ4v) is 4.52. The third-order valence-electron chi connectivity index (χ3n) is 6.52. The summed E-state index contributed by atoms with van der Waals surface area (Å²) < 4.78 is 18.4. The maximum absolute atomic E-state index is 15.6. The normalized spacial score (nSPS) is 11.4. The molecule has 0 aliphatic heterocycles. The lowest BCUT2D eigenvalue weighted by Crippen LogP contribution is -2.26. The molecule has 0 aliphatic rings. The second-order valence-corrected chi connectivity index (χ2v) is 9.59. The average molecular weight is 497 g/mol. The first kappa shape index (κ1) is 24.4. The zero-order chi connectivity index (χ0) is 25.8. The van der Waals surface area contributed by atoms with Gasteiger partial charge in [-0.05, 0) is 46.2 Å². The third-order valence-corrected chi connectivity index (χ3v) is 6.52. The Kier molecular flexibility index (Phi) is 7.07. The first-order chi connectivity index (χ1) is 18.0. The molecule has 0 fully saturated rings. The first-order valence-electron chi connectivity index (χ1n) is 12.4. The maximum atomic E-state index is 15.6. The number of nitrogens with zero attached hydrogens (tertiary/aromatic N) is 5. The minimum absolute atomic E-state index is 0.207. The summed E-state index contributed by atoms with van der Waals surface area (Å²) in [5, 5.41) is 14.4. The van der Waals surface area contributed by atoms with E-state index < -0.39 is 5.95 Å². The maximum Gasteiger partial charge on any atom is 0.331 e. The van der Waals surface area contributed by atoms with Crippen molar-refractivity contribution < 1.29 is 4.39 Å². The Balaban J connectivity index is 1.46. The molecule has 37 heavy (non-hydrogen) atoms. The number of rotatable bonds is 9. The van der Waals surface area contributed by atoms with Crippen molar-refractivity contribution in [3.63, 3.8) is 0 Å². The molecule has 8 heteroatoms. The monoisotopic (exact) mass is 496 g/mol. The lowest BCUT2D eigenvalue weighted by molar-refractivity contribution is 0.488. The molecule has 188 valence electrons. The van der Waals surface area contributed by atoms with E-state index in [4.69, 9.17) is 0 Å². The van der Waals surface area contributed by atoms with Crippen molar-refractivity contribution >= 4 is 0 Å². The molecule has 3 aromatic carbocycles. The molecular weight excluding hydrogens is 467 g/mol. The van der Waals surface area contributed by atoms with Gasteiger partial charge in [0.2, 0.25) is 11.8 Å². The molecule has 0 spiro atoms. The summed E-state index contributed by atoms with van der Waals surface area (Å²) in [5.41, 5.74) is 4.78. The van der Waals surface area contributed by atoms with Crippen LogP contribution in [0.2, 0.25) is 0 Å². The van der Waals surface area contributed by atoms with Gasteiger partial charge < -0.3 is 0 Å². The van der Waals surface area contributed by atoms with Crippen LogP contribution >= 0.6 is 0 Å². The zero-order valence-corrected chi connectivity index (χ0v) is 20.9. The minimum Gasteiger partial charge on any atom is -0.289 e. The number of nitrogens with one attached hydrogen (secondary N) is 1. The molecule has 0 radical (unpaired) electrons. The summed E-state index contributed by atoms with van der Waals surface area (Å²) in [7, 11) is 0. The SMILES string of the molecule is CC(C)CCc1c(F)n(Cc2ccccc2)c(=O)n1Cc1ccc(-c2ccccc2-c2nn[nH]n2)cc1. The van der Waals surface area contributed by atoms with Gasteiger partial charge in [-0.2, -0.15) is 9.60 Å². The molecule has 0 saturated carbocycles. The molecule has 0 amide bonds. The van der Waals surface area contributed by atoms with Gasteiger partial charge in [-0.3, -0.25) is 9.13 Å². The minimum atomic E-state index is -0.444. The Morgan fingerprint density at radius 2 is 1.49 bits per heavy atom. The fourth-order valence-electron chi connectivity index (χ4n) is 4.52. The summed E-state index contributed by atoms with van der Waals surface area (Å²) in [5.74, 6) is 0.482. The van der Waals surface area contributed by atoms with Crippen molar-refractivity contribution in [3.05, 3.63) is 112 Å². The molecular formula is C29H29FN6O. The average Bonchev–Trinajstić information content (AvgIpc) is 3.53. The predicted molar refractivity (Wildman–Crippen MR) is 142 cm³/mol. The van der Waals surface area contributed by atoms with E-state index in [2.05, 4.69) is 34.5 Å². The van der Waals surface area contributed by atoms with Gasteiger partial charge in [0.25, 0.3) is 0 Å². The van der Waals surface area contributed by atoms with E-state index in [1.165, 1.54) is 4.57 Å². The van der Waals surface area contributed by atoms with Crippen LogP contribution in [0.4, 0.5) is 4.39 Å². The van der Waals surface area contributed by atoms with Crippen molar-refractivity contribution in [3.8, 4) is 22.5 Å². The van der Waals surface area contributed by atoms with Crippen molar-refractivity contribution in [2.45, 2.75) is 39.8 Å². The van der Waals surface area contributed by atoms with Crippen LogP contribution in [0, 0.1) is 11.9 Å². The number of hydrogen-bond donors (Lipinski definition) is 1. The Morgan fingerprint density at radius 3 is 2.16 bits per heavy atom. The molecule has 2 heterocycles. The lowest BCUT2D eigenvalue weighted by Gasteiger charge is -2.11. The van der Waals surface area contributed by atoms with E-state index in [1.807, 2.05) is 78.9 Å². The number of aromatic amines is 1. The van der Waals surface area contributed by atoms with Crippen LogP contribution in [0.3, 0.4) is 0 Å². The quantitative estimate of drug-likeness (QED) is 0.299. The van der Waals surface area contributed by atoms with Gasteiger partial charge in [-0.15, -0.1) is 10.2 Å². The highest BCUT2D eigenvalue weighted by atomic mass is 19.1. The van der Waals surface area contributed by atoms with Crippen LogP contribution < -0.4 is 5.69 Å². The highest BCUT2D eigenvalue weighted by Crippen LogP contribution is 2.30. The topological polar surface area (TPSA) is 81.4 Å². The number of tetrazole rings is 1. The van der Waals surface area contributed by atoms with Crippen LogP contribution in [0.5, 0.6) is 0 Å². The van der Waals surface area contributed by atoms with Gasteiger partial charge >= 0.3 is 5.69 Å². The number of imidazole rings is 1. The van der Waals surface area contributed by atoms with Crippen molar-refractivity contribution in [2.75, 3.05) is 0 Å². The molecule has 0 bridgehead atoms. The molecule has 2 aromatic heterocycles. The highest BCUT2D eigenvalue weighted by Gasteiger charge is 2.21. The Morgan fingerprint density at radius 1 is 0.838 bits per heavy atom. The molecule has 0 unspecified atom stereocenters. The van der Waals surface area contributed by atoms with Gasteiger partial charge in [-0.25, -0.2) is 4.79 Å². The van der Waals surface area contributed by atoms with Crippen LogP contribution in [0.1, 0.15) is 37.1 Å². The molecule has 5 aromatic rings. The Hall–Kier alpha value is -4.33. The Bertz CT molecular complexity index is 1520. The van der Waals surface area contributed by atoms with Crippen molar-refractivity contribution in [2.24, 2.45) is 5.92 Å². The van der Waals surface area contributed by atoms with Crippen LogP contribution in [0.25, 0.3) is 22.5 Å². The van der Waals surface area contributed by atoms with E-state index >= 15 is 4.39 Å². The fraction of sp³-hybridized carbons (Fsp3) is 0.241. The number of halogens is 1. The first-order valence-corrected chi connectivity index (χ1v) is 12.4. The van der Waals surface area contributed by atoms with Crippen LogP contribution in [0.15, 0.2) is 83.7 Å². The summed E-state index contributed by atoms with van der Waals surface area (Å²) in [6, 6.07) is 25.3. The number of benzene rings is 3. The van der Waals surface area contributed by atoms with Crippen LogP contribution in [-0.2, 0) is 19.5 Å². The van der Waals surface area contributed by atoms with Crippen molar-refractivity contribution in [1.82, 2.24) is 29.8 Å². The van der Waals surface area contributed by atoms with E-state index in [-0.39, 0.29) is 12.2 Å². The standard InChI is InChI=1S/C29H29FN6O/c1-20(2)12-17-26-27(30)36(19-21-8-4-3-5-9-21)29(37)35(26)18-22-13-15-23(16-14-22)24-10-6-7-11-25(24)28-31-33-34-32-28/h3-11,13-16,20H,12,17-19H2,1-2H3,(H,31,32,33,34). The summed E-state index contributed by atoms with van der Waals surface area (Å²) >= 11 is 0. The third kappa shape index (κ3) is 5.28. The molecule has 5 rings (SSSR count). The van der Waals surface area contributed by atoms with E-state index in [0.29, 0.717) is 30.4 Å². The van der Waals surface area contributed by atoms with Crippen molar-refractivity contribution in [1.29, 1.82) is 0 Å². The second kappa shape index (κ2) is 10.7. The van der Waals surface area contributed by atoms with Gasteiger partial charge in [0, 0.05) is 5.56 Å². The van der Waals surface area contributed by atoms with Crippen LogP contribution in [-0.4, -0.2) is 29.8 Å². The van der Waals surface area contributed by atoms with E-state index in [9.17, 15) is 4.79 Å². The number of aromatic nitrogens is 6. The number of H-pyrrole nitrogens is 1. The second-order valence-electron chi connectivity index (χ2n) is 9.59. The van der Waals surface area contributed by atoms with Gasteiger partial charge in [0.1, 0.15) is 0 Å². The smallest absolute Gasteiger partial charge is 0.289 e. The predicted octanol–water partition coefficient (Wildman–Crippen LogP) is 5.32. The van der Waals surface area contributed by atoms with Gasteiger partial charge in [-0.1, -0.05) is 92.7 Å². The van der Waals surface area contributed by atoms with E-state index in [1.54, 1.807) is 4.57 Å². The van der Waals surface area contributed by atoms with Gasteiger partial charge in [0.15, 0.2) is 0 Å². The summed E-state index contributed by atoms with van der Waals surface area (Å²) in [6.07, 6.45) is 1.31. The molecule has 0 aliphatic carbocycles. The highest BCUT2D eigenvalue weighted by molar-refractivity contribution is 5.80. The number of hydrogen-bond acceptors (Lipinski definition) is 4.